The van der Waals surface area contributed by atoms with Gasteiger partial charge in [0.15, 0.2) is 0 Å². The SMILES string of the molecule is CC1CCN(C(=O)c2cc([C@H]3CCCN(CCCc4ccccc4)C3)no2)CC1. The first kappa shape index (κ1) is 20.1. The fraction of sp³-hybridized carbons (Fsp3) is 0.583. The zero-order valence-electron chi connectivity index (χ0n) is 17.6. The molecule has 1 atom stereocenters. The van der Waals surface area contributed by atoms with E-state index in [1.807, 2.05) is 11.0 Å². The van der Waals surface area contributed by atoms with E-state index in [0.717, 1.165) is 64.1 Å². The summed E-state index contributed by atoms with van der Waals surface area (Å²) in [4.78, 5) is 17.2. The summed E-state index contributed by atoms with van der Waals surface area (Å²) < 4.78 is 5.47. The molecule has 156 valence electrons. The minimum atomic E-state index is 0.00572. The van der Waals surface area contributed by atoms with Gasteiger partial charge in [0.2, 0.25) is 5.76 Å². The summed E-state index contributed by atoms with van der Waals surface area (Å²) in [6.07, 6.45) is 6.75. The van der Waals surface area contributed by atoms with Crippen LogP contribution in [0.15, 0.2) is 40.9 Å². The molecule has 0 saturated carbocycles. The first-order valence-corrected chi connectivity index (χ1v) is 11.2. The van der Waals surface area contributed by atoms with Gasteiger partial charge in [-0.15, -0.1) is 0 Å². The van der Waals surface area contributed by atoms with Crippen molar-refractivity contribution in [1.29, 1.82) is 0 Å². The van der Waals surface area contributed by atoms with Crippen molar-refractivity contribution in [3.63, 3.8) is 0 Å². The molecule has 1 amide bonds. The lowest BCUT2D eigenvalue weighted by Crippen LogP contribution is -2.37. The number of aromatic nitrogens is 1. The summed E-state index contributed by atoms with van der Waals surface area (Å²) in [5.41, 5.74) is 2.36. The number of hydrogen-bond acceptors (Lipinski definition) is 4. The number of rotatable bonds is 6. The van der Waals surface area contributed by atoms with E-state index in [1.54, 1.807) is 0 Å². The molecule has 5 heteroatoms. The molecule has 4 rings (SSSR count). The van der Waals surface area contributed by atoms with Crippen molar-refractivity contribution >= 4 is 5.91 Å². The van der Waals surface area contributed by atoms with Gasteiger partial charge in [-0.05, 0) is 63.1 Å². The van der Waals surface area contributed by atoms with E-state index in [-0.39, 0.29) is 5.91 Å². The maximum atomic E-state index is 12.7. The van der Waals surface area contributed by atoms with Gasteiger partial charge in [0.25, 0.3) is 5.91 Å². The molecule has 2 aromatic rings. The molecular formula is C24H33N3O2. The van der Waals surface area contributed by atoms with Gasteiger partial charge in [0.05, 0.1) is 5.69 Å². The summed E-state index contributed by atoms with van der Waals surface area (Å²) in [6, 6.07) is 12.6. The maximum absolute atomic E-state index is 12.7. The first-order chi connectivity index (χ1) is 14.2. The Morgan fingerprint density at radius 2 is 1.93 bits per heavy atom. The molecular weight excluding hydrogens is 362 g/mol. The van der Waals surface area contributed by atoms with Crippen LogP contribution in [0.1, 0.15) is 66.8 Å². The van der Waals surface area contributed by atoms with Crippen molar-refractivity contribution in [2.24, 2.45) is 5.92 Å². The standard InChI is InChI=1S/C24H33N3O2/c1-19-11-15-27(16-12-19)24(28)23-17-22(25-29-23)21-10-6-14-26(18-21)13-5-9-20-7-3-2-4-8-20/h2-4,7-8,17,19,21H,5-6,9-16,18H2,1H3/t21-/m0/s1. The van der Waals surface area contributed by atoms with Crippen LogP contribution in [0.4, 0.5) is 0 Å². The van der Waals surface area contributed by atoms with Gasteiger partial charge in [-0.25, -0.2) is 0 Å². The van der Waals surface area contributed by atoms with Crippen molar-refractivity contribution in [3.05, 3.63) is 53.4 Å². The molecule has 3 heterocycles. The Labute approximate surface area is 174 Å². The van der Waals surface area contributed by atoms with Crippen LogP contribution in [0.25, 0.3) is 0 Å². The highest BCUT2D eigenvalue weighted by molar-refractivity contribution is 5.91. The Morgan fingerprint density at radius 3 is 2.72 bits per heavy atom. The van der Waals surface area contributed by atoms with Crippen LogP contribution < -0.4 is 0 Å². The molecule has 0 unspecified atom stereocenters. The number of hydrogen-bond donors (Lipinski definition) is 0. The normalized spacial score (nSPS) is 21.4. The zero-order valence-corrected chi connectivity index (χ0v) is 17.6. The van der Waals surface area contributed by atoms with Crippen LogP contribution in [-0.4, -0.2) is 53.6 Å². The molecule has 0 radical (unpaired) electrons. The summed E-state index contributed by atoms with van der Waals surface area (Å²) in [5.74, 6) is 1.49. The third-order valence-electron chi connectivity index (χ3n) is 6.52. The van der Waals surface area contributed by atoms with Gasteiger partial charge >= 0.3 is 0 Å². The average molecular weight is 396 g/mol. The van der Waals surface area contributed by atoms with Crippen LogP contribution in [0.5, 0.6) is 0 Å². The maximum Gasteiger partial charge on any atom is 0.292 e. The van der Waals surface area contributed by atoms with E-state index in [4.69, 9.17) is 4.52 Å². The van der Waals surface area contributed by atoms with Crippen molar-refractivity contribution in [2.75, 3.05) is 32.7 Å². The van der Waals surface area contributed by atoms with E-state index >= 15 is 0 Å². The molecule has 1 aromatic heterocycles. The molecule has 0 bridgehead atoms. The molecule has 5 nitrogen and oxygen atoms in total. The Balaban J connectivity index is 1.29. The van der Waals surface area contributed by atoms with Crippen molar-refractivity contribution in [3.8, 4) is 0 Å². The Hall–Kier alpha value is -2.14. The average Bonchev–Trinajstić information content (AvgIpc) is 3.25. The summed E-state index contributed by atoms with van der Waals surface area (Å²) in [6.45, 7) is 7.18. The van der Waals surface area contributed by atoms with Crippen LogP contribution >= 0.6 is 0 Å². The van der Waals surface area contributed by atoms with E-state index in [2.05, 4.69) is 47.3 Å². The quantitative estimate of drug-likeness (QED) is 0.729. The summed E-state index contributed by atoms with van der Waals surface area (Å²) in [7, 11) is 0. The predicted octanol–water partition coefficient (Wildman–Crippen LogP) is 4.36. The second kappa shape index (κ2) is 9.57. The lowest BCUT2D eigenvalue weighted by molar-refractivity contribution is 0.0655. The molecule has 2 fully saturated rings. The van der Waals surface area contributed by atoms with Gasteiger partial charge in [0, 0.05) is 31.6 Å². The van der Waals surface area contributed by atoms with Gasteiger partial charge < -0.3 is 14.3 Å². The van der Waals surface area contributed by atoms with Crippen molar-refractivity contribution < 1.29 is 9.32 Å². The number of aryl methyl sites for hydroxylation is 1. The molecule has 2 saturated heterocycles. The second-order valence-electron chi connectivity index (χ2n) is 8.82. The minimum Gasteiger partial charge on any atom is -0.351 e. The number of amides is 1. The van der Waals surface area contributed by atoms with E-state index in [9.17, 15) is 4.79 Å². The highest BCUT2D eigenvalue weighted by Gasteiger charge is 2.28. The van der Waals surface area contributed by atoms with Crippen molar-refractivity contribution in [2.45, 2.75) is 51.4 Å². The molecule has 1 aromatic carbocycles. The predicted molar refractivity (Wildman–Crippen MR) is 114 cm³/mol. The largest absolute Gasteiger partial charge is 0.351 e. The molecule has 0 N–H and O–H groups in total. The molecule has 2 aliphatic heterocycles. The number of carbonyl (C=O) groups excluding carboxylic acids is 1. The van der Waals surface area contributed by atoms with E-state index in [0.29, 0.717) is 17.6 Å². The fourth-order valence-electron chi connectivity index (χ4n) is 4.60. The zero-order chi connectivity index (χ0) is 20.1. The monoisotopic (exact) mass is 395 g/mol. The minimum absolute atomic E-state index is 0.00572. The Kier molecular flexibility index (Phi) is 6.65. The number of nitrogens with zero attached hydrogens (tertiary/aromatic N) is 3. The van der Waals surface area contributed by atoms with Crippen LogP contribution in [0.3, 0.4) is 0 Å². The fourth-order valence-corrected chi connectivity index (χ4v) is 4.60. The second-order valence-corrected chi connectivity index (χ2v) is 8.82. The summed E-state index contributed by atoms with van der Waals surface area (Å²) in [5, 5.41) is 4.28. The smallest absolute Gasteiger partial charge is 0.292 e. The van der Waals surface area contributed by atoms with E-state index < -0.39 is 0 Å². The highest BCUT2D eigenvalue weighted by atomic mass is 16.5. The summed E-state index contributed by atoms with van der Waals surface area (Å²) >= 11 is 0. The van der Waals surface area contributed by atoms with Gasteiger partial charge in [-0.1, -0.05) is 42.4 Å². The van der Waals surface area contributed by atoms with Crippen LogP contribution in [-0.2, 0) is 6.42 Å². The molecule has 2 aliphatic rings. The number of piperidine rings is 2. The van der Waals surface area contributed by atoms with Gasteiger partial charge in [0.1, 0.15) is 0 Å². The van der Waals surface area contributed by atoms with E-state index in [1.165, 1.54) is 18.4 Å². The number of carbonyl (C=O) groups is 1. The Morgan fingerprint density at radius 1 is 1.14 bits per heavy atom. The first-order valence-electron chi connectivity index (χ1n) is 11.2. The molecule has 29 heavy (non-hydrogen) atoms. The number of benzene rings is 1. The number of likely N-dealkylation sites (tertiary alicyclic amines) is 2. The third kappa shape index (κ3) is 5.27. The lowest BCUT2D eigenvalue weighted by Gasteiger charge is -2.31. The third-order valence-corrected chi connectivity index (χ3v) is 6.52. The van der Waals surface area contributed by atoms with Gasteiger partial charge in [-0.2, -0.15) is 0 Å². The van der Waals surface area contributed by atoms with Crippen LogP contribution in [0.2, 0.25) is 0 Å². The molecule has 0 spiro atoms. The molecule has 0 aliphatic carbocycles. The highest BCUT2D eigenvalue weighted by Crippen LogP contribution is 2.27. The van der Waals surface area contributed by atoms with Crippen molar-refractivity contribution in [1.82, 2.24) is 15.0 Å². The topological polar surface area (TPSA) is 49.6 Å². The van der Waals surface area contributed by atoms with Gasteiger partial charge in [-0.3, -0.25) is 4.79 Å². The lowest BCUT2D eigenvalue weighted by atomic mass is 9.94. The van der Waals surface area contributed by atoms with Crippen LogP contribution in [0, 0.1) is 5.92 Å². The Bertz CT molecular complexity index is 780.